The van der Waals surface area contributed by atoms with Gasteiger partial charge in [-0.1, -0.05) is 191 Å². The third kappa shape index (κ3) is 9.37. The fourth-order valence-electron chi connectivity index (χ4n) is 9.79. The number of nitrogens with zero attached hydrogens (tertiary/aromatic N) is 2. The first kappa shape index (κ1) is 42.7. The highest BCUT2D eigenvalue weighted by Gasteiger charge is 2.27. The molecular weight excluding hydrogens is 797 g/mol. The first-order valence-corrected chi connectivity index (χ1v) is 24.1. The fraction of sp³-hybridized carbons (Fsp3) is 0.220. The number of hydrogen-bond acceptors (Lipinski definition) is 4. The predicted molar refractivity (Wildman–Crippen MR) is 275 cm³/mol. The molecular formula is C59H58N4S. The highest BCUT2D eigenvalue weighted by atomic mass is 32.1. The van der Waals surface area contributed by atoms with Gasteiger partial charge in [0.15, 0.2) is 0 Å². The first-order chi connectivity index (χ1) is 31.6. The molecule has 4 nitrogen and oxygen atoms in total. The van der Waals surface area contributed by atoms with Crippen molar-refractivity contribution in [2.75, 3.05) is 5.32 Å². The average molecular weight is 855 g/mol. The van der Waals surface area contributed by atoms with Crippen molar-refractivity contribution >= 4 is 48.6 Å². The SMILES string of the molecule is C=C/C=C\C.N=C(/C=C(\Nc1ccc(C2CCCCC2)c2c1sc1c(C3CCCCC3)cc(-n3nc(-c4ccccc4)cc3-c3ccccc3)cc12)c1ccccc1)c1ccccc1. The minimum absolute atomic E-state index is 0.482. The van der Waals surface area contributed by atoms with Crippen LogP contribution in [0.15, 0.2) is 183 Å². The van der Waals surface area contributed by atoms with Crippen LogP contribution < -0.4 is 5.32 Å². The Balaban J connectivity index is 0.000000984. The van der Waals surface area contributed by atoms with E-state index in [1.165, 1.54) is 95.5 Å². The topological polar surface area (TPSA) is 53.7 Å². The number of allylic oxidation sites excluding steroid dienone is 4. The maximum absolute atomic E-state index is 9.15. The Morgan fingerprint density at radius 1 is 0.656 bits per heavy atom. The molecule has 2 N–H and O–H groups in total. The highest BCUT2D eigenvalue weighted by Crippen LogP contribution is 2.50. The number of fused-ring (bicyclic) bond motifs is 3. The molecule has 8 aromatic rings. The van der Waals surface area contributed by atoms with Crippen molar-refractivity contribution in [3.63, 3.8) is 0 Å². The Bertz CT molecular complexity index is 2890. The number of aromatic nitrogens is 2. The largest absolute Gasteiger partial charge is 0.354 e. The summed E-state index contributed by atoms with van der Waals surface area (Å²) in [5.41, 5.74) is 12.9. The molecule has 0 aliphatic heterocycles. The third-order valence-electron chi connectivity index (χ3n) is 13.0. The van der Waals surface area contributed by atoms with E-state index in [9.17, 15) is 0 Å². The molecule has 5 heteroatoms. The van der Waals surface area contributed by atoms with Crippen LogP contribution in [0, 0.1) is 5.41 Å². The van der Waals surface area contributed by atoms with Gasteiger partial charge in [-0.15, -0.1) is 11.3 Å². The van der Waals surface area contributed by atoms with Gasteiger partial charge >= 0.3 is 0 Å². The van der Waals surface area contributed by atoms with Gasteiger partial charge in [-0.25, -0.2) is 4.68 Å². The summed E-state index contributed by atoms with van der Waals surface area (Å²) >= 11 is 1.97. The van der Waals surface area contributed by atoms with Crippen LogP contribution in [-0.2, 0) is 0 Å². The number of benzene rings is 6. The lowest BCUT2D eigenvalue weighted by Crippen LogP contribution is -2.07. The molecule has 0 amide bonds. The molecule has 0 unspecified atom stereocenters. The Kier molecular flexibility index (Phi) is 13.6. The van der Waals surface area contributed by atoms with E-state index in [4.69, 9.17) is 10.5 Å². The molecule has 2 aliphatic carbocycles. The molecule has 64 heavy (non-hydrogen) atoms. The molecule has 0 atom stereocenters. The zero-order chi connectivity index (χ0) is 43.7. The van der Waals surface area contributed by atoms with E-state index in [0.29, 0.717) is 17.5 Å². The van der Waals surface area contributed by atoms with E-state index >= 15 is 0 Å². The van der Waals surface area contributed by atoms with E-state index in [0.717, 1.165) is 50.7 Å². The number of rotatable bonds is 11. The third-order valence-corrected chi connectivity index (χ3v) is 14.3. The second-order valence-electron chi connectivity index (χ2n) is 17.2. The fourth-order valence-corrected chi connectivity index (χ4v) is 11.2. The smallest absolute Gasteiger partial charge is 0.0934 e. The predicted octanol–water partition coefficient (Wildman–Crippen LogP) is 16.9. The summed E-state index contributed by atoms with van der Waals surface area (Å²) in [7, 11) is 0. The Morgan fingerprint density at radius 3 is 1.83 bits per heavy atom. The van der Waals surface area contributed by atoms with Gasteiger partial charge in [0.2, 0.25) is 0 Å². The summed E-state index contributed by atoms with van der Waals surface area (Å²) < 4.78 is 4.95. The van der Waals surface area contributed by atoms with Crippen LogP contribution in [0.5, 0.6) is 0 Å². The van der Waals surface area contributed by atoms with Crippen molar-refractivity contribution in [3.8, 4) is 28.2 Å². The number of nitrogens with one attached hydrogen (secondary N) is 2. The summed E-state index contributed by atoms with van der Waals surface area (Å²) in [6.45, 7) is 5.42. The van der Waals surface area contributed by atoms with Crippen molar-refractivity contribution in [2.24, 2.45) is 0 Å². The van der Waals surface area contributed by atoms with E-state index in [-0.39, 0.29) is 0 Å². The first-order valence-electron chi connectivity index (χ1n) is 23.3. The van der Waals surface area contributed by atoms with Crippen molar-refractivity contribution in [3.05, 3.63) is 205 Å². The molecule has 0 radical (unpaired) electrons. The van der Waals surface area contributed by atoms with Gasteiger partial charge in [0.25, 0.3) is 0 Å². The van der Waals surface area contributed by atoms with Gasteiger partial charge in [-0.05, 0) is 97.0 Å². The second-order valence-corrected chi connectivity index (χ2v) is 18.3. The summed E-state index contributed by atoms with van der Waals surface area (Å²) in [5, 5.41) is 21.3. The molecule has 2 heterocycles. The minimum Gasteiger partial charge on any atom is -0.354 e. The van der Waals surface area contributed by atoms with Crippen LogP contribution >= 0.6 is 11.3 Å². The van der Waals surface area contributed by atoms with Crippen LogP contribution in [0.1, 0.15) is 105 Å². The Labute approximate surface area is 383 Å². The molecule has 6 aromatic carbocycles. The molecule has 2 aromatic heterocycles. The summed E-state index contributed by atoms with van der Waals surface area (Å²) in [6.07, 6.45) is 20.2. The number of anilines is 1. The van der Waals surface area contributed by atoms with Gasteiger partial charge in [0.05, 0.1) is 33.2 Å². The molecule has 0 bridgehead atoms. The summed E-state index contributed by atoms with van der Waals surface area (Å²) in [4.78, 5) is 0. The molecule has 0 saturated heterocycles. The van der Waals surface area contributed by atoms with Gasteiger partial charge in [-0.2, -0.15) is 5.10 Å². The standard InChI is InChI=1S/C54H50N4S.C5H8/c55-47(39-23-11-3-12-24-39)35-49(40-25-13-4-14-26-40)56-48-32-31-44(37-19-7-1-8-20-37)52-46-34-43(33-45(53(46)59-54(48)52)38-21-9-2-10-22-38)58-51(42-29-17-6-18-30-42)36-50(57-58)41-27-15-5-16-28-41;1-3-5-4-2/h3-6,11-18,23-38,55-56H,1-2,7-10,19-22H2;3-5H,1H2,2H3/b49-35-,55-47?;5-4-. The van der Waals surface area contributed by atoms with Crippen LogP contribution in [0.25, 0.3) is 54.1 Å². The van der Waals surface area contributed by atoms with Crippen LogP contribution in [-0.4, -0.2) is 15.5 Å². The van der Waals surface area contributed by atoms with Crippen LogP contribution in [0.4, 0.5) is 5.69 Å². The van der Waals surface area contributed by atoms with Crippen molar-refractivity contribution < 1.29 is 0 Å². The molecule has 2 aliphatic rings. The quantitative estimate of drug-likeness (QED) is 0.101. The lowest BCUT2D eigenvalue weighted by molar-refractivity contribution is 0.445. The lowest BCUT2D eigenvalue weighted by atomic mass is 9.81. The van der Waals surface area contributed by atoms with E-state index in [2.05, 4.69) is 138 Å². The molecule has 10 rings (SSSR count). The molecule has 2 fully saturated rings. The highest BCUT2D eigenvalue weighted by molar-refractivity contribution is 7.26. The molecule has 0 spiro atoms. The van der Waals surface area contributed by atoms with Crippen molar-refractivity contribution in [1.82, 2.24) is 9.78 Å². The van der Waals surface area contributed by atoms with Gasteiger partial charge in [0, 0.05) is 32.3 Å². The van der Waals surface area contributed by atoms with E-state index < -0.39 is 0 Å². The number of hydrogen-bond donors (Lipinski definition) is 2. The lowest BCUT2D eigenvalue weighted by Gasteiger charge is -2.24. The van der Waals surface area contributed by atoms with E-state index in [1.54, 1.807) is 6.08 Å². The monoisotopic (exact) mass is 854 g/mol. The van der Waals surface area contributed by atoms with Crippen molar-refractivity contribution in [1.29, 1.82) is 5.41 Å². The zero-order valence-corrected chi connectivity index (χ0v) is 37.8. The van der Waals surface area contributed by atoms with E-state index in [1.807, 2.05) is 66.8 Å². The minimum atomic E-state index is 0.482. The molecule has 2 saturated carbocycles. The number of thiophene rings is 1. The summed E-state index contributed by atoms with van der Waals surface area (Å²) in [6, 6.07) is 53.9. The van der Waals surface area contributed by atoms with Crippen LogP contribution in [0.3, 0.4) is 0 Å². The van der Waals surface area contributed by atoms with Crippen LogP contribution in [0.2, 0.25) is 0 Å². The maximum Gasteiger partial charge on any atom is 0.0934 e. The Hall–Kier alpha value is -6.56. The maximum atomic E-state index is 9.15. The van der Waals surface area contributed by atoms with Gasteiger partial charge in [0.1, 0.15) is 0 Å². The van der Waals surface area contributed by atoms with Crippen molar-refractivity contribution in [2.45, 2.75) is 83.0 Å². The van der Waals surface area contributed by atoms with Gasteiger partial charge < -0.3 is 10.7 Å². The Morgan fingerprint density at radius 2 is 1.23 bits per heavy atom. The zero-order valence-electron chi connectivity index (χ0n) is 37.0. The second kappa shape index (κ2) is 20.3. The molecule has 320 valence electrons. The van der Waals surface area contributed by atoms with Gasteiger partial charge in [-0.3, -0.25) is 0 Å². The average Bonchev–Trinajstić information content (AvgIpc) is 3.99. The normalized spacial score (nSPS) is 15.0. The summed E-state index contributed by atoms with van der Waals surface area (Å²) in [5.74, 6) is 1.04.